The van der Waals surface area contributed by atoms with Crippen LogP contribution in [0.1, 0.15) is 31.4 Å². The molecular formula is C13H18. The number of aryl methyl sites for hydroxylation is 1. The predicted molar refractivity (Wildman–Crippen MR) is 59.0 cm³/mol. The molecule has 0 heteroatoms. The minimum atomic E-state index is 1.01. The summed E-state index contributed by atoms with van der Waals surface area (Å²) in [4.78, 5) is 0. The first kappa shape index (κ1) is 10.0. The topological polar surface area (TPSA) is 0 Å². The van der Waals surface area contributed by atoms with Crippen molar-refractivity contribution in [1.82, 2.24) is 0 Å². The van der Waals surface area contributed by atoms with Crippen LogP contribution >= 0.6 is 0 Å². The molecule has 0 bridgehead atoms. The number of rotatable bonds is 4. The smallest absolute Gasteiger partial charge is 0.00726 e. The maximum absolute atomic E-state index is 3.91. The standard InChI is InChI=1S/C13H18/c1-4-5-12-6-8-13(9-7-12)10-11(2)3/h6-9H,2,4-5,10H2,1,3H3. The normalized spacial score (nSPS) is 10.0. The van der Waals surface area contributed by atoms with Gasteiger partial charge in [-0.25, -0.2) is 0 Å². The molecule has 0 amide bonds. The molecule has 0 spiro atoms. The second-order valence-electron chi connectivity index (χ2n) is 3.70. The van der Waals surface area contributed by atoms with Crippen LogP contribution in [-0.4, -0.2) is 0 Å². The fraction of sp³-hybridized carbons (Fsp3) is 0.385. The molecule has 0 radical (unpaired) electrons. The van der Waals surface area contributed by atoms with Crippen LogP contribution in [0.25, 0.3) is 0 Å². The summed E-state index contributed by atoms with van der Waals surface area (Å²) in [7, 11) is 0. The highest BCUT2D eigenvalue weighted by atomic mass is 14.0. The first-order valence-electron chi connectivity index (χ1n) is 4.94. The van der Waals surface area contributed by atoms with Crippen LogP contribution in [0, 0.1) is 0 Å². The SMILES string of the molecule is C=C(C)Cc1ccc(CCC)cc1. The summed E-state index contributed by atoms with van der Waals surface area (Å²) in [5.41, 5.74) is 4.03. The fourth-order valence-corrected chi connectivity index (χ4v) is 1.46. The molecule has 0 aliphatic carbocycles. The van der Waals surface area contributed by atoms with E-state index in [1.165, 1.54) is 29.5 Å². The van der Waals surface area contributed by atoms with E-state index in [-0.39, 0.29) is 0 Å². The van der Waals surface area contributed by atoms with E-state index in [9.17, 15) is 0 Å². The maximum Gasteiger partial charge on any atom is -0.00726 e. The molecule has 0 saturated heterocycles. The maximum atomic E-state index is 3.91. The molecule has 0 nitrogen and oxygen atoms in total. The van der Waals surface area contributed by atoms with Crippen molar-refractivity contribution in [1.29, 1.82) is 0 Å². The molecule has 0 aromatic heterocycles. The van der Waals surface area contributed by atoms with E-state index >= 15 is 0 Å². The van der Waals surface area contributed by atoms with Gasteiger partial charge in [0.2, 0.25) is 0 Å². The van der Waals surface area contributed by atoms with E-state index in [0.29, 0.717) is 0 Å². The molecule has 0 heterocycles. The Morgan fingerprint density at radius 2 is 1.69 bits per heavy atom. The van der Waals surface area contributed by atoms with E-state index in [1.807, 2.05) is 0 Å². The van der Waals surface area contributed by atoms with Gasteiger partial charge in [0.1, 0.15) is 0 Å². The third-order valence-electron chi connectivity index (χ3n) is 2.07. The predicted octanol–water partition coefficient (Wildman–Crippen LogP) is 3.76. The van der Waals surface area contributed by atoms with Gasteiger partial charge in [-0.1, -0.05) is 49.8 Å². The second kappa shape index (κ2) is 4.86. The zero-order valence-corrected chi connectivity index (χ0v) is 8.64. The van der Waals surface area contributed by atoms with Crippen LogP contribution in [-0.2, 0) is 12.8 Å². The minimum Gasteiger partial charge on any atom is -0.0998 e. The Morgan fingerprint density at radius 3 is 2.15 bits per heavy atom. The Kier molecular flexibility index (Phi) is 3.75. The molecule has 0 aliphatic heterocycles. The van der Waals surface area contributed by atoms with Gasteiger partial charge in [0, 0.05) is 0 Å². The Hall–Kier alpha value is -1.04. The lowest BCUT2D eigenvalue weighted by atomic mass is 10.0. The molecule has 0 N–H and O–H groups in total. The van der Waals surface area contributed by atoms with Gasteiger partial charge >= 0.3 is 0 Å². The molecule has 1 rings (SSSR count). The summed E-state index contributed by atoms with van der Waals surface area (Å²) in [6.07, 6.45) is 3.42. The number of hydrogen-bond acceptors (Lipinski definition) is 0. The van der Waals surface area contributed by atoms with Crippen LogP contribution in [0.2, 0.25) is 0 Å². The molecule has 0 saturated carbocycles. The van der Waals surface area contributed by atoms with Crippen molar-refractivity contribution < 1.29 is 0 Å². The molecule has 0 fully saturated rings. The van der Waals surface area contributed by atoms with Crippen molar-refractivity contribution in [2.24, 2.45) is 0 Å². The Labute approximate surface area is 81.3 Å². The van der Waals surface area contributed by atoms with Crippen molar-refractivity contribution in [3.63, 3.8) is 0 Å². The number of allylic oxidation sites excluding steroid dienone is 1. The fourth-order valence-electron chi connectivity index (χ4n) is 1.46. The van der Waals surface area contributed by atoms with Crippen molar-refractivity contribution >= 4 is 0 Å². The Balaban J connectivity index is 2.64. The minimum absolute atomic E-state index is 1.01. The van der Waals surface area contributed by atoms with Gasteiger partial charge in [0.25, 0.3) is 0 Å². The monoisotopic (exact) mass is 174 g/mol. The summed E-state index contributed by atoms with van der Waals surface area (Å²) in [5.74, 6) is 0. The van der Waals surface area contributed by atoms with Gasteiger partial charge in [-0.2, -0.15) is 0 Å². The lowest BCUT2D eigenvalue weighted by Crippen LogP contribution is -1.87. The molecule has 13 heavy (non-hydrogen) atoms. The summed E-state index contributed by atoms with van der Waals surface area (Å²) in [6.45, 7) is 8.19. The summed E-state index contributed by atoms with van der Waals surface area (Å²) >= 11 is 0. The average molecular weight is 174 g/mol. The highest BCUT2D eigenvalue weighted by molar-refractivity contribution is 5.25. The van der Waals surface area contributed by atoms with Crippen molar-refractivity contribution in [3.05, 3.63) is 47.5 Å². The summed E-state index contributed by atoms with van der Waals surface area (Å²) < 4.78 is 0. The van der Waals surface area contributed by atoms with Gasteiger partial charge in [-0.15, -0.1) is 0 Å². The van der Waals surface area contributed by atoms with Gasteiger partial charge < -0.3 is 0 Å². The van der Waals surface area contributed by atoms with E-state index in [1.54, 1.807) is 0 Å². The third kappa shape index (κ3) is 3.45. The Morgan fingerprint density at radius 1 is 1.15 bits per heavy atom. The lowest BCUT2D eigenvalue weighted by Gasteiger charge is -2.02. The molecular weight excluding hydrogens is 156 g/mol. The summed E-state index contributed by atoms with van der Waals surface area (Å²) in [5, 5.41) is 0. The second-order valence-corrected chi connectivity index (χ2v) is 3.70. The van der Waals surface area contributed by atoms with Crippen molar-refractivity contribution in [2.45, 2.75) is 33.1 Å². The van der Waals surface area contributed by atoms with E-state index < -0.39 is 0 Å². The van der Waals surface area contributed by atoms with E-state index in [2.05, 4.69) is 44.7 Å². The van der Waals surface area contributed by atoms with Gasteiger partial charge in [0.05, 0.1) is 0 Å². The van der Waals surface area contributed by atoms with E-state index in [4.69, 9.17) is 0 Å². The van der Waals surface area contributed by atoms with E-state index in [0.717, 1.165) is 6.42 Å². The Bertz CT molecular complexity index is 267. The molecule has 1 aromatic carbocycles. The molecule has 0 aliphatic rings. The highest BCUT2D eigenvalue weighted by Gasteiger charge is 1.94. The quantitative estimate of drug-likeness (QED) is 0.610. The van der Waals surface area contributed by atoms with Crippen LogP contribution in [0.4, 0.5) is 0 Å². The molecule has 1 aromatic rings. The molecule has 0 unspecified atom stereocenters. The first-order valence-corrected chi connectivity index (χ1v) is 4.94. The van der Waals surface area contributed by atoms with Crippen LogP contribution < -0.4 is 0 Å². The summed E-state index contributed by atoms with van der Waals surface area (Å²) in [6, 6.07) is 8.86. The van der Waals surface area contributed by atoms with Gasteiger partial charge in [-0.3, -0.25) is 0 Å². The lowest BCUT2D eigenvalue weighted by molar-refractivity contribution is 0.920. The average Bonchev–Trinajstić information content (AvgIpc) is 2.08. The third-order valence-corrected chi connectivity index (χ3v) is 2.07. The number of benzene rings is 1. The van der Waals surface area contributed by atoms with Crippen LogP contribution in [0.15, 0.2) is 36.4 Å². The highest BCUT2D eigenvalue weighted by Crippen LogP contribution is 2.09. The largest absolute Gasteiger partial charge is 0.0998 e. The zero-order valence-electron chi connectivity index (χ0n) is 8.64. The first-order chi connectivity index (χ1) is 6.22. The van der Waals surface area contributed by atoms with Crippen molar-refractivity contribution in [3.8, 4) is 0 Å². The van der Waals surface area contributed by atoms with Gasteiger partial charge in [-0.05, 0) is 30.9 Å². The van der Waals surface area contributed by atoms with Crippen LogP contribution in [0.3, 0.4) is 0 Å². The van der Waals surface area contributed by atoms with Gasteiger partial charge in [0.15, 0.2) is 0 Å². The zero-order chi connectivity index (χ0) is 9.68. The molecule has 0 atom stereocenters. The van der Waals surface area contributed by atoms with Crippen LogP contribution in [0.5, 0.6) is 0 Å². The van der Waals surface area contributed by atoms with Crippen molar-refractivity contribution in [2.75, 3.05) is 0 Å². The number of hydrogen-bond donors (Lipinski definition) is 0. The molecule has 70 valence electrons.